The van der Waals surface area contributed by atoms with E-state index in [0.717, 1.165) is 12.1 Å². The summed E-state index contributed by atoms with van der Waals surface area (Å²) in [6, 6.07) is 8.23. The van der Waals surface area contributed by atoms with Crippen LogP contribution in [-0.2, 0) is 5.60 Å². The first-order valence-corrected chi connectivity index (χ1v) is 5.35. The molecule has 0 bridgehead atoms. The fourth-order valence-electron chi connectivity index (χ4n) is 1.85. The van der Waals surface area contributed by atoms with Crippen LogP contribution in [0.2, 0.25) is 0 Å². The van der Waals surface area contributed by atoms with Crippen LogP contribution >= 0.6 is 0 Å². The van der Waals surface area contributed by atoms with E-state index in [0.29, 0.717) is 6.07 Å². The number of rotatable bonds is 2. The van der Waals surface area contributed by atoms with Crippen molar-refractivity contribution in [1.29, 1.82) is 0 Å². The molecule has 94 valence electrons. The molecule has 1 atom stereocenters. The van der Waals surface area contributed by atoms with Gasteiger partial charge in [0.15, 0.2) is 0 Å². The highest BCUT2D eigenvalue weighted by molar-refractivity contribution is 5.36. The molecule has 4 heteroatoms. The predicted octanol–water partition coefficient (Wildman–Crippen LogP) is 3.36. The summed E-state index contributed by atoms with van der Waals surface area (Å²) in [6.07, 6.45) is 0. The van der Waals surface area contributed by atoms with Gasteiger partial charge >= 0.3 is 0 Å². The molecule has 2 rings (SSSR count). The maximum absolute atomic E-state index is 13.6. The van der Waals surface area contributed by atoms with Gasteiger partial charge in [0.2, 0.25) is 0 Å². The zero-order valence-corrected chi connectivity index (χ0v) is 9.62. The quantitative estimate of drug-likeness (QED) is 0.868. The standard InChI is InChI=1S/C14H11F3O/c1-14(18,12-4-2-3-5-13(12)17)9-6-10(15)8-11(16)7-9/h2-8,18H,1H3. The Morgan fingerprint density at radius 1 is 0.944 bits per heavy atom. The van der Waals surface area contributed by atoms with E-state index in [-0.39, 0.29) is 11.1 Å². The van der Waals surface area contributed by atoms with E-state index in [9.17, 15) is 18.3 Å². The van der Waals surface area contributed by atoms with E-state index in [1.807, 2.05) is 0 Å². The summed E-state index contributed by atoms with van der Waals surface area (Å²) < 4.78 is 39.9. The number of halogens is 3. The van der Waals surface area contributed by atoms with E-state index < -0.39 is 23.1 Å². The molecule has 0 aliphatic heterocycles. The molecule has 0 fully saturated rings. The molecule has 2 aromatic rings. The van der Waals surface area contributed by atoms with Gasteiger partial charge in [-0.05, 0) is 30.7 Å². The molecule has 0 heterocycles. The predicted molar refractivity (Wildman–Crippen MR) is 61.4 cm³/mol. The molecule has 2 aromatic carbocycles. The van der Waals surface area contributed by atoms with E-state index in [4.69, 9.17) is 0 Å². The van der Waals surface area contributed by atoms with Crippen LogP contribution in [0.25, 0.3) is 0 Å². The second-order valence-corrected chi connectivity index (χ2v) is 4.21. The highest BCUT2D eigenvalue weighted by atomic mass is 19.1. The van der Waals surface area contributed by atoms with Crippen molar-refractivity contribution in [2.75, 3.05) is 0 Å². The van der Waals surface area contributed by atoms with Crippen molar-refractivity contribution in [2.24, 2.45) is 0 Å². The summed E-state index contributed by atoms with van der Waals surface area (Å²) in [5.41, 5.74) is -1.87. The maximum atomic E-state index is 13.6. The van der Waals surface area contributed by atoms with Crippen molar-refractivity contribution in [1.82, 2.24) is 0 Å². The second kappa shape index (κ2) is 4.46. The number of benzene rings is 2. The summed E-state index contributed by atoms with van der Waals surface area (Å²) in [7, 11) is 0. The van der Waals surface area contributed by atoms with Crippen molar-refractivity contribution in [3.8, 4) is 0 Å². The molecule has 0 aliphatic rings. The lowest BCUT2D eigenvalue weighted by Crippen LogP contribution is -2.24. The zero-order valence-electron chi connectivity index (χ0n) is 9.62. The Labute approximate surface area is 103 Å². The Kier molecular flexibility index (Phi) is 3.13. The Morgan fingerprint density at radius 2 is 1.50 bits per heavy atom. The van der Waals surface area contributed by atoms with Crippen LogP contribution in [0.3, 0.4) is 0 Å². The van der Waals surface area contributed by atoms with Crippen LogP contribution in [0.5, 0.6) is 0 Å². The molecule has 0 aromatic heterocycles. The molecule has 1 unspecified atom stereocenters. The summed E-state index contributed by atoms with van der Waals surface area (Å²) in [4.78, 5) is 0. The molecule has 1 N–H and O–H groups in total. The van der Waals surface area contributed by atoms with Gasteiger partial charge in [0.25, 0.3) is 0 Å². The Balaban J connectivity index is 2.57. The normalized spacial score (nSPS) is 14.3. The highest BCUT2D eigenvalue weighted by Crippen LogP contribution is 2.31. The lowest BCUT2D eigenvalue weighted by molar-refractivity contribution is 0.0972. The van der Waals surface area contributed by atoms with Gasteiger partial charge in [0.1, 0.15) is 23.1 Å². The number of aliphatic hydroxyl groups is 1. The number of hydrogen-bond acceptors (Lipinski definition) is 1. The van der Waals surface area contributed by atoms with Crippen LogP contribution < -0.4 is 0 Å². The maximum Gasteiger partial charge on any atom is 0.129 e. The minimum atomic E-state index is -1.80. The van der Waals surface area contributed by atoms with Crippen LogP contribution in [-0.4, -0.2) is 5.11 Å². The molecule has 0 saturated heterocycles. The third-order valence-corrected chi connectivity index (χ3v) is 2.82. The summed E-state index contributed by atoms with van der Waals surface area (Å²) in [6.45, 7) is 1.29. The van der Waals surface area contributed by atoms with Gasteiger partial charge in [-0.3, -0.25) is 0 Å². The van der Waals surface area contributed by atoms with Crippen LogP contribution in [0.15, 0.2) is 42.5 Å². The van der Waals surface area contributed by atoms with Crippen LogP contribution in [0.4, 0.5) is 13.2 Å². The third-order valence-electron chi connectivity index (χ3n) is 2.82. The molecule has 0 radical (unpaired) electrons. The lowest BCUT2D eigenvalue weighted by atomic mass is 9.88. The molecule has 0 aliphatic carbocycles. The number of hydrogen-bond donors (Lipinski definition) is 1. The van der Waals surface area contributed by atoms with E-state index >= 15 is 0 Å². The van der Waals surface area contributed by atoms with Crippen molar-refractivity contribution >= 4 is 0 Å². The molecule has 1 nitrogen and oxygen atoms in total. The fraction of sp³-hybridized carbons (Fsp3) is 0.143. The topological polar surface area (TPSA) is 20.2 Å². The smallest absolute Gasteiger partial charge is 0.129 e. The molecule has 0 amide bonds. The first-order valence-electron chi connectivity index (χ1n) is 5.35. The highest BCUT2D eigenvalue weighted by Gasteiger charge is 2.29. The summed E-state index contributed by atoms with van der Waals surface area (Å²) >= 11 is 0. The molecular weight excluding hydrogens is 241 g/mol. The van der Waals surface area contributed by atoms with Gasteiger partial charge in [0.05, 0.1) is 0 Å². The monoisotopic (exact) mass is 252 g/mol. The van der Waals surface area contributed by atoms with Crippen molar-refractivity contribution in [3.63, 3.8) is 0 Å². The molecule has 18 heavy (non-hydrogen) atoms. The Morgan fingerprint density at radius 3 is 2.06 bits per heavy atom. The van der Waals surface area contributed by atoms with Gasteiger partial charge in [-0.25, -0.2) is 13.2 Å². The molecule has 0 spiro atoms. The van der Waals surface area contributed by atoms with Gasteiger partial charge in [-0.15, -0.1) is 0 Å². The average Bonchev–Trinajstić information content (AvgIpc) is 2.28. The first kappa shape index (κ1) is 12.6. The van der Waals surface area contributed by atoms with Gasteiger partial charge in [-0.2, -0.15) is 0 Å². The van der Waals surface area contributed by atoms with Gasteiger partial charge in [-0.1, -0.05) is 18.2 Å². The van der Waals surface area contributed by atoms with Gasteiger partial charge in [0, 0.05) is 11.6 Å². The van der Waals surface area contributed by atoms with Crippen molar-refractivity contribution < 1.29 is 18.3 Å². The average molecular weight is 252 g/mol. The van der Waals surface area contributed by atoms with E-state index in [1.54, 1.807) is 6.07 Å². The SMILES string of the molecule is CC(O)(c1cc(F)cc(F)c1)c1ccccc1F. The minimum Gasteiger partial charge on any atom is -0.381 e. The molecular formula is C14H11F3O. The zero-order chi connectivity index (χ0) is 13.3. The lowest BCUT2D eigenvalue weighted by Gasteiger charge is -2.25. The molecule has 0 saturated carbocycles. The van der Waals surface area contributed by atoms with Crippen LogP contribution in [0.1, 0.15) is 18.1 Å². The van der Waals surface area contributed by atoms with Crippen molar-refractivity contribution in [3.05, 3.63) is 71.0 Å². The van der Waals surface area contributed by atoms with E-state index in [1.165, 1.54) is 25.1 Å². The first-order chi connectivity index (χ1) is 8.41. The van der Waals surface area contributed by atoms with Crippen molar-refractivity contribution in [2.45, 2.75) is 12.5 Å². The summed E-state index contributed by atoms with van der Waals surface area (Å²) in [5, 5.41) is 10.3. The van der Waals surface area contributed by atoms with Gasteiger partial charge < -0.3 is 5.11 Å². The largest absolute Gasteiger partial charge is 0.381 e. The van der Waals surface area contributed by atoms with Crippen LogP contribution in [0, 0.1) is 17.5 Å². The minimum absolute atomic E-state index is 0.0324. The fourth-order valence-corrected chi connectivity index (χ4v) is 1.85. The summed E-state index contributed by atoms with van der Waals surface area (Å²) in [5.74, 6) is -2.27. The Bertz CT molecular complexity index is 559. The third kappa shape index (κ3) is 2.24. The Hall–Kier alpha value is -1.81. The second-order valence-electron chi connectivity index (χ2n) is 4.21. The van der Waals surface area contributed by atoms with E-state index in [2.05, 4.69) is 0 Å².